The zero-order valence-electron chi connectivity index (χ0n) is 40.2. The van der Waals surface area contributed by atoms with E-state index in [0.29, 0.717) is 8.58 Å². The molecule has 5 aromatic rings. The summed E-state index contributed by atoms with van der Waals surface area (Å²) in [5, 5.41) is 0. The molecule has 0 N–H and O–H groups in total. The Kier molecular flexibility index (Phi) is 27.0. The first kappa shape index (κ1) is 57.9. The van der Waals surface area contributed by atoms with Crippen LogP contribution < -0.4 is 0 Å². The van der Waals surface area contributed by atoms with E-state index in [4.69, 9.17) is 0 Å². The van der Waals surface area contributed by atoms with Crippen molar-refractivity contribution in [2.45, 2.75) is 166 Å². The molecule has 0 unspecified atom stereocenters. The van der Waals surface area contributed by atoms with Crippen molar-refractivity contribution in [1.29, 1.82) is 0 Å². The maximum Gasteiger partial charge on any atom is 0.0617 e. The van der Waals surface area contributed by atoms with Crippen molar-refractivity contribution in [3.8, 4) is 0 Å². The van der Waals surface area contributed by atoms with Gasteiger partial charge in [-0.05, 0) is 61.6 Å². The van der Waals surface area contributed by atoms with Crippen molar-refractivity contribution in [1.82, 2.24) is 0 Å². The molecule has 4 aromatic carbocycles. The molecule has 0 bridgehead atoms. The molecule has 4 heteroatoms. The largest absolute Gasteiger partial charge is 0.731 e. The van der Waals surface area contributed by atoms with Crippen LogP contribution in [-0.2, 0) is 0 Å². The zero-order valence-corrected chi connectivity index (χ0v) is 47.6. The molecule has 0 spiro atoms. The van der Waals surface area contributed by atoms with Crippen LogP contribution in [0.4, 0.5) is 0 Å². The zero-order chi connectivity index (χ0) is 42.1. The van der Waals surface area contributed by atoms with Gasteiger partial charge in [-0.2, -0.15) is 83.5 Å². The van der Waals surface area contributed by atoms with Crippen molar-refractivity contribution in [2.75, 3.05) is 0 Å². The Morgan fingerprint density at radius 2 is 0.518 bits per heavy atom. The van der Waals surface area contributed by atoms with Gasteiger partial charge in [-0.15, -0.1) is 8.19 Å². The van der Waals surface area contributed by atoms with E-state index in [1.54, 1.807) is 0 Å². The average Bonchev–Trinajstić information content (AvgIpc) is 3.89. The van der Waals surface area contributed by atoms with Gasteiger partial charge in [-0.25, -0.2) is 34.6 Å². The summed E-state index contributed by atoms with van der Waals surface area (Å²) >= 11 is 0. The third-order valence-electron chi connectivity index (χ3n) is 13.8. The van der Waals surface area contributed by atoms with Crippen LogP contribution in [0.25, 0.3) is 0 Å². The Morgan fingerprint density at radius 3 is 0.589 bits per heavy atom. The summed E-state index contributed by atoms with van der Waals surface area (Å²) in [7, 11) is 1.48. The van der Waals surface area contributed by atoms with E-state index >= 15 is 0 Å². The molecular weight excluding hydrogens is 987 g/mol. The number of rotatable bonds is 0. The molecule has 316 valence electrons. The van der Waals surface area contributed by atoms with Crippen LogP contribution in [0, 0.1) is 233 Å². The summed E-state index contributed by atoms with van der Waals surface area (Å²) in [6.45, 7) is 52.6. The van der Waals surface area contributed by atoms with E-state index < -0.39 is 0 Å². The molecule has 0 amide bonds. The van der Waals surface area contributed by atoms with E-state index in [1.807, 2.05) is 0 Å². The molecule has 0 fully saturated rings. The third-order valence-corrected chi connectivity index (χ3v) is 16.4. The monoisotopic (exact) mass is 1070 g/mol. The van der Waals surface area contributed by atoms with Crippen LogP contribution in [0.15, 0.2) is 34.4 Å². The van der Waals surface area contributed by atoms with Gasteiger partial charge in [0, 0.05) is 89.4 Å². The second-order valence-electron chi connectivity index (χ2n) is 16.2. The van der Waals surface area contributed by atoms with Crippen molar-refractivity contribution in [2.24, 2.45) is 0 Å². The number of aryl methyl sites for hydroxylation is 2. The fourth-order valence-electron chi connectivity index (χ4n) is 6.74. The van der Waals surface area contributed by atoms with Gasteiger partial charge in [0.1, 0.15) is 0 Å². The van der Waals surface area contributed by atoms with Crippen LogP contribution in [0.3, 0.4) is 0 Å². The minimum Gasteiger partial charge on any atom is -0.731 e. The molecule has 0 saturated heterocycles. The maximum atomic E-state index is 2.33. The second kappa shape index (κ2) is 26.2. The third kappa shape index (κ3) is 15.0. The van der Waals surface area contributed by atoms with Gasteiger partial charge in [-0.3, -0.25) is 0 Å². The normalized spacial score (nSPS) is 11.1. The summed E-state index contributed by atoms with van der Waals surface area (Å²) in [6.07, 6.45) is 0. The quantitative estimate of drug-likeness (QED) is 0.107. The predicted octanol–water partition coefficient (Wildman–Crippen LogP) is 16.3. The minimum absolute atomic E-state index is 0. The topological polar surface area (TPSA) is 0 Å². The van der Waals surface area contributed by atoms with Crippen molar-refractivity contribution in [3.05, 3.63) is 157 Å². The molecule has 0 saturated carbocycles. The number of hydrogen-bond donors (Lipinski definition) is 0. The Morgan fingerprint density at radius 1 is 0.339 bits per heavy atom. The smallest absolute Gasteiger partial charge is 0.0617 e. The average molecular weight is 1070 g/mol. The molecule has 2 heterocycles. The maximum absolute atomic E-state index is 2.33. The molecule has 0 radical (unpaired) electrons. The van der Waals surface area contributed by atoms with Gasteiger partial charge in [-0.1, -0.05) is 104 Å². The molecule has 0 aliphatic carbocycles. The Hall–Kier alpha value is -0.235. The standard InChI is InChI=1S/4C10H15.2C6H9P.2Sm/c4*1-6-7(2)9(4)10(5)8(6)3;2*1-5-3-7-4-6(5)2;;/h4*1-5H3;2*3-4,7H,1-2H3;;/q-5;3*-1;;;;/p+1. The molecule has 1 aliphatic rings. The fraction of sp³-hybridized carbons (Fsp3) is 0.462. The van der Waals surface area contributed by atoms with Gasteiger partial charge in [0.15, 0.2) is 0 Å². The first-order valence-electron chi connectivity index (χ1n) is 19.9. The van der Waals surface area contributed by atoms with Gasteiger partial charge < -0.3 is 27.8 Å². The summed E-state index contributed by atoms with van der Waals surface area (Å²) < 4.78 is 0. The molecule has 1 aromatic heterocycles. The van der Waals surface area contributed by atoms with Crippen molar-refractivity contribution >= 4 is 16.8 Å². The Labute approximate surface area is 415 Å². The van der Waals surface area contributed by atoms with Crippen LogP contribution >= 0.6 is 16.8 Å². The molecular formula is C52H79P2Sm2-7. The van der Waals surface area contributed by atoms with E-state index in [9.17, 15) is 0 Å². The summed E-state index contributed by atoms with van der Waals surface area (Å²) in [6, 6.07) is 0. The first-order valence-corrected chi connectivity index (χ1v) is 22.4. The van der Waals surface area contributed by atoms with Crippen LogP contribution in [0.2, 0.25) is 0 Å². The first-order chi connectivity index (χ1) is 24.8. The molecule has 56 heavy (non-hydrogen) atoms. The molecule has 1 aliphatic heterocycles. The molecule has 0 atom stereocenters. The minimum atomic E-state index is 0. The van der Waals surface area contributed by atoms with Crippen LogP contribution in [-0.4, -0.2) is 0 Å². The van der Waals surface area contributed by atoms with Gasteiger partial charge >= 0.3 is 0 Å². The molecule has 0 nitrogen and oxygen atoms in total. The summed E-state index contributed by atoms with van der Waals surface area (Å²) in [4.78, 5) is 0. The van der Waals surface area contributed by atoms with Crippen LogP contribution in [0.5, 0.6) is 0 Å². The number of allylic oxidation sites excluding steroid dienone is 2. The van der Waals surface area contributed by atoms with Gasteiger partial charge in [0.05, 0.1) is 11.6 Å². The summed E-state index contributed by atoms with van der Waals surface area (Å²) in [5.41, 5.74) is 35.2. The molecule has 6 rings (SSSR count). The second-order valence-corrected chi connectivity index (χ2v) is 18.2. The van der Waals surface area contributed by atoms with Crippen molar-refractivity contribution < 1.29 is 80.8 Å². The van der Waals surface area contributed by atoms with Crippen LogP contribution in [0.1, 0.15) is 136 Å². The van der Waals surface area contributed by atoms with Gasteiger partial charge in [0.2, 0.25) is 0 Å². The summed E-state index contributed by atoms with van der Waals surface area (Å²) in [5.74, 6) is 9.20. The number of hydrogen-bond acceptors (Lipinski definition) is 0. The van der Waals surface area contributed by atoms with Gasteiger partial charge in [0.25, 0.3) is 0 Å². The van der Waals surface area contributed by atoms with E-state index in [1.165, 1.54) is 134 Å². The predicted molar refractivity (Wildman–Crippen MR) is 256 cm³/mol. The van der Waals surface area contributed by atoms with Crippen molar-refractivity contribution in [3.63, 3.8) is 0 Å². The Balaban J connectivity index is 0. The van der Waals surface area contributed by atoms with E-state index in [-0.39, 0.29) is 80.8 Å². The van der Waals surface area contributed by atoms with E-state index in [0.717, 1.165) is 8.19 Å². The SMILES string of the molecule is CC1=C[PH2+]C=C1C.C[c-]1[c-](C)[c-](C)[c-](C)[c-]1C.Cc1c(C)c(C)[c-](C)c1C.Cc1c(C)c(C)[c-](C)c1C.Cc1c(C)c(C)[c-](C)c1C.Cc1c[pH]cc1C.[Sm].[Sm]. The fourth-order valence-corrected chi connectivity index (χ4v) is 8.98. The Bertz CT molecular complexity index is 1490. The van der Waals surface area contributed by atoms with E-state index in [2.05, 4.69) is 189 Å².